The SMILES string of the molecule is COc1cccc([N+](=O)[O-])c1C(=O)N1CC(=O)NC(=O)C1. The summed E-state index contributed by atoms with van der Waals surface area (Å²) < 4.78 is 4.96. The quantitative estimate of drug-likeness (QED) is 0.464. The van der Waals surface area contributed by atoms with Gasteiger partial charge in [-0.2, -0.15) is 0 Å². The Kier molecular flexibility index (Phi) is 3.83. The summed E-state index contributed by atoms with van der Waals surface area (Å²) in [6, 6.07) is 3.93. The molecule has 1 saturated heterocycles. The van der Waals surface area contributed by atoms with Crippen molar-refractivity contribution in [3.05, 3.63) is 33.9 Å². The van der Waals surface area contributed by atoms with Crippen molar-refractivity contribution in [1.29, 1.82) is 0 Å². The third-order valence-corrected chi connectivity index (χ3v) is 2.87. The van der Waals surface area contributed by atoms with Gasteiger partial charge in [-0.05, 0) is 6.07 Å². The second-order valence-corrected chi connectivity index (χ2v) is 4.24. The first-order valence-corrected chi connectivity index (χ1v) is 5.87. The molecule has 21 heavy (non-hydrogen) atoms. The van der Waals surface area contributed by atoms with E-state index >= 15 is 0 Å². The van der Waals surface area contributed by atoms with Gasteiger partial charge in [-0.15, -0.1) is 0 Å². The monoisotopic (exact) mass is 293 g/mol. The lowest BCUT2D eigenvalue weighted by atomic mass is 10.1. The Labute approximate surface area is 118 Å². The summed E-state index contributed by atoms with van der Waals surface area (Å²) in [5.74, 6) is -2.08. The van der Waals surface area contributed by atoms with Crippen molar-refractivity contribution >= 4 is 23.4 Å². The molecule has 0 spiro atoms. The van der Waals surface area contributed by atoms with Crippen molar-refractivity contribution in [1.82, 2.24) is 10.2 Å². The molecule has 1 N–H and O–H groups in total. The van der Waals surface area contributed by atoms with E-state index in [1.807, 2.05) is 5.32 Å². The van der Waals surface area contributed by atoms with Crippen LogP contribution in [0.4, 0.5) is 5.69 Å². The maximum atomic E-state index is 12.4. The highest BCUT2D eigenvalue weighted by Gasteiger charge is 2.33. The minimum absolute atomic E-state index is 0.00707. The molecular formula is C12H11N3O6. The van der Waals surface area contributed by atoms with Crippen LogP contribution in [0.15, 0.2) is 18.2 Å². The van der Waals surface area contributed by atoms with Crippen LogP contribution < -0.4 is 10.1 Å². The molecule has 0 radical (unpaired) electrons. The van der Waals surface area contributed by atoms with E-state index in [0.29, 0.717) is 0 Å². The number of hydrogen-bond donors (Lipinski definition) is 1. The summed E-state index contributed by atoms with van der Waals surface area (Å²) in [7, 11) is 1.27. The maximum Gasteiger partial charge on any atom is 0.285 e. The number of amides is 3. The fraction of sp³-hybridized carbons (Fsp3) is 0.250. The zero-order chi connectivity index (χ0) is 15.6. The lowest BCUT2D eigenvalue weighted by molar-refractivity contribution is -0.385. The molecule has 1 heterocycles. The molecule has 0 bridgehead atoms. The fourth-order valence-corrected chi connectivity index (χ4v) is 2.00. The summed E-state index contributed by atoms with van der Waals surface area (Å²) in [5, 5.41) is 13.1. The summed E-state index contributed by atoms with van der Waals surface area (Å²) >= 11 is 0. The van der Waals surface area contributed by atoms with Crippen molar-refractivity contribution in [3.63, 3.8) is 0 Å². The van der Waals surface area contributed by atoms with Crippen molar-refractivity contribution in [3.8, 4) is 5.75 Å². The molecule has 1 fully saturated rings. The van der Waals surface area contributed by atoms with Gasteiger partial charge in [-0.1, -0.05) is 6.07 Å². The van der Waals surface area contributed by atoms with E-state index in [9.17, 15) is 24.5 Å². The second kappa shape index (κ2) is 5.57. The van der Waals surface area contributed by atoms with Gasteiger partial charge in [0.05, 0.1) is 12.0 Å². The number of rotatable bonds is 3. The molecule has 1 aromatic rings. The highest BCUT2D eigenvalue weighted by molar-refractivity contribution is 6.08. The number of imide groups is 1. The Morgan fingerprint density at radius 2 is 1.95 bits per heavy atom. The molecule has 1 aromatic carbocycles. The molecule has 0 unspecified atom stereocenters. The van der Waals surface area contributed by atoms with Gasteiger partial charge >= 0.3 is 0 Å². The van der Waals surface area contributed by atoms with Gasteiger partial charge < -0.3 is 9.64 Å². The highest BCUT2D eigenvalue weighted by atomic mass is 16.6. The number of methoxy groups -OCH3 is 1. The highest BCUT2D eigenvalue weighted by Crippen LogP contribution is 2.29. The van der Waals surface area contributed by atoms with Crippen LogP contribution in [0.2, 0.25) is 0 Å². The topological polar surface area (TPSA) is 119 Å². The molecule has 1 aliphatic heterocycles. The number of nitrogens with zero attached hydrogens (tertiary/aromatic N) is 2. The lowest BCUT2D eigenvalue weighted by Crippen LogP contribution is -2.53. The van der Waals surface area contributed by atoms with Crippen LogP contribution >= 0.6 is 0 Å². The van der Waals surface area contributed by atoms with E-state index in [1.54, 1.807) is 0 Å². The minimum Gasteiger partial charge on any atom is -0.496 e. The van der Waals surface area contributed by atoms with Gasteiger partial charge in [0.2, 0.25) is 11.8 Å². The standard InChI is InChI=1S/C12H11N3O6/c1-21-8-4-2-3-7(15(19)20)11(8)12(18)14-5-9(16)13-10(17)6-14/h2-4H,5-6H2,1H3,(H,13,16,17). The summed E-state index contributed by atoms with van der Waals surface area (Å²) in [6.07, 6.45) is 0. The predicted octanol–water partition coefficient (Wildman–Crippen LogP) is -0.298. The number of carbonyl (C=O) groups excluding carboxylic acids is 3. The Morgan fingerprint density at radius 3 is 2.48 bits per heavy atom. The van der Waals surface area contributed by atoms with Crippen molar-refractivity contribution in [2.45, 2.75) is 0 Å². The molecule has 0 aromatic heterocycles. The molecule has 9 nitrogen and oxygen atoms in total. The van der Waals surface area contributed by atoms with Gasteiger partial charge in [0.1, 0.15) is 18.8 Å². The fourth-order valence-electron chi connectivity index (χ4n) is 2.00. The van der Waals surface area contributed by atoms with Gasteiger partial charge in [0, 0.05) is 6.07 Å². The summed E-state index contributed by atoms with van der Waals surface area (Å²) in [6.45, 7) is -0.695. The normalized spacial score (nSPS) is 14.6. The molecule has 9 heteroatoms. The largest absolute Gasteiger partial charge is 0.496 e. The van der Waals surface area contributed by atoms with E-state index < -0.39 is 28.3 Å². The molecule has 1 aliphatic rings. The van der Waals surface area contributed by atoms with Crippen molar-refractivity contribution in [2.24, 2.45) is 0 Å². The average Bonchev–Trinajstić information content (AvgIpc) is 2.44. The van der Waals surface area contributed by atoms with E-state index in [-0.39, 0.29) is 24.4 Å². The van der Waals surface area contributed by atoms with Crippen LogP contribution in [0.5, 0.6) is 5.75 Å². The number of carbonyl (C=O) groups is 3. The second-order valence-electron chi connectivity index (χ2n) is 4.24. The van der Waals surface area contributed by atoms with Gasteiger partial charge in [-0.25, -0.2) is 0 Å². The predicted molar refractivity (Wildman–Crippen MR) is 68.7 cm³/mol. The minimum atomic E-state index is -0.803. The Hall–Kier alpha value is -2.97. The van der Waals surface area contributed by atoms with E-state index in [2.05, 4.69) is 0 Å². The van der Waals surface area contributed by atoms with Crippen molar-refractivity contribution < 1.29 is 24.0 Å². The van der Waals surface area contributed by atoms with E-state index in [4.69, 9.17) is 4.74 Å². The Morgan fingerprint density at radius 1 is 1.33 bits per heavy atom. The first-order valence-electron chi connectivity index (χ1n) is 5.87. The van der Waals surface area contributed by atoms with Gasteiger partial charge in [0.25, 0.3) is 11.6 Å². The molecule has 3 amide bonds. The number of nitro benzene ring substituents is 1. The Bertz CT molecular complexity index is 626. The third-order valence-electron chi connectivity index (χ3n) is 2.87. The summed E-state index contributed by atoms with van der Waals surface area (Å²) in [4.78, 5) is 46.3. The number of piperazine rings is 1. The number of nitro groups is 1. The smallest absolute Gasteiger partial charge is 0.285 e. The van der Waals surface area contributed by atoms with Crippen LogP contribution in [-0.2, 0) is 9.59 Å². The van der Waals surface area contributed by atoms with E-state index in [1.165, 1.54) is 19.2 Å². The van der Waals surface area contributed by atoms with Crippen LogP contribution in [0, 0.1) is 10.1 Å². The first-order chi connectivity index (χ1) is 9.93. The van der Waals surface area contributed by atoms with Crippen LogP contribution in [0.1, 0.15) is 10.4 Å². The average molecular weight is 293 g/mol. The van der Waals surface area contributed by atoms with Gasteiger partial charge in [0.15, 0.2) is 5.56 Å². The Balaban J connectivity index is 2.45. The van der Waals surface area contributed by atoms with Crippen molar-refractivity contribution in [2.75, 3.05) is 20.2 Å². The number of hydrogen-bond acceptors (Lipinski definition) is 6. The molecule has 2 rings (SSSR count). The van der Waals surface area contributed by atoms with Crippen LogP contribution in [-0.4, -0.2) is 47.7 Å². The molecular weight excluding hydrogens is 282 g/mol. The van der Waals surface area contributed by atoms with Crippen LogP contribution in [0.25, 0.3) is 0 Å². The molecule has 110 valence electrons. The van der Waals surface area contributed by atoms with Crippen LogP contribution in [0.3, 0.4) is 0 Å². The number of ether oxygens (including phenoxy) is 1. The first kappa shape index (κ1) is 14.4. The molecule has 0 atom stereocenters. The number of nitrogens with one attached hydrogen (secondary N) is 1. The summed E-state index contributed by atoms with van der Waals surface area (Å²) in [5.41, 5.74) is -0.731. The zero-order valence-electron chi connectivity index (χ0n) is 11.0. The lowest BCUT2D eigenvalue weighted by Gasteiger charge is -2.25. The zero-order valence-corrected chi connectivity index (χ0v) is 11.0. The molecule has 0 aliphatic carbocycles. The third kappa shape index (κ3) is 2.81. The number of benzene rings is 1. The maximum absolute atomic E-state index is 12.4. The van der Waals surface area contributed by atoms with E-state index in [0.717, 1.165) is 11.0 Å². The van der Waals surface area contributed by atoms with Gasteiger partial charge in [-0.3, -0.25) is 29.8 Å². The molecule has 0 saturated carbocycles.